The third kappa shape index (κ3) is 3.95. The molecule has 116 valence electrons. The van der Waals surface area contributed by atoms with E-state index in [1.54, 1.807) is 0 Å². The van der Waals surface area contributed by atoms with Crippen LogP contribution in [0.2, 0.25) is 0 Å². The second kappa shape index (κ2) is 7.41. The van der Waals surface area contributed by atoms with Gasteiger partial charge in [-0.15, -0.1) is 0 Å². The van der Waals surface area contributed by atoms with E-state index in [0.717, 1.165) is 25.7 Å². The number of ether oxygens (including phenoxy) is 1. The molecule has 2 saturated carbocycles. The van der Waals surface area contributed by atoms with Gasteiger partial charge in [-0.25, -0.2) is 0 Å². The van der Waals surface area contributed by atoms with Crippen molar-refractivity contribution in [2.24, 2.45) is 28.7 Å². The lowest BCUT2D eigenvalue weighted by atomic mass is 9.70. The van der Waals surface area contributed by atoms with Crippen molar-refractivity contribution in [3.05, 3.63) is 0 Å². The zero-order valence-electron chi connectivity index (χ0n) is 12.6. The fraction of sp³-hybridized carbons (Fsp3) is 0.938. The Labute approximate surface area is 122 Å². The van der Waals surface area contributed by atoms with Crippen LogP contribution in [0.1, 0.15) is 57.8 Å². The zero-order valence-corrected chi connectivity index (χ0v) is 12.6. The normalized spacial score (nSPS) is 24.5. The van der Waals surface area contributed by atoms with Crippen LogP contribution in [0.3, 0.4) is 0 Å². The standard InChI is InChI=1S/C16H30N2O2/c17-11-16(12-18)8-6-14(7-9-16)15(19)20-10-13-4-2-1-3-5-13/h13-14H,1-12,17-18H2. The van der Waals surface area contributed by atoms with E-state index in [2.05, 4.69) is 0 Å². The summed E-state index contributed by atoms with van der Waals surface area (Å²) < 4.78 is 5.55. The van der Waals surface area contributed by atoms with Gasteiger partial charge in [0, 0.05) is 0 Å². The summed E-state index contributed by atoms with van der Waals surface area (Å²) in [7, 11) is 0. The lowest BCUT2D eigenvalue weighted by Crippen LogP contribution is -2.42. The maximum atomic E-state index is 12.1. The molecule has 0 heterocycles. The highest BCUT2D eigenvalue weighted by Crippen LogP contribution is 2.38. The Bertz CT molecular complexity index is 300. The van der Waals surface area contributed by atoms with Gasteiger partial charge in [-0.1, -0.05) is 19.3 Å². The van der Waals surface area contributed by atoms with Crippen molar-refractivity contribution in [3.63, 3.8) is 0 Å². The molecule has 4 heteroatoms. The van der Waals surface area contributed by atoms with E-state index >= 15 is 0 Å². The van der Waals surface area contributed by atoms with E-state index in [4.69, 9.17) is 16.2 Å². The summed E-state index contributed by atoms with van der Waals surface area (Å²) in [4.78, 5) is 12.1. The van der Waals surface area contributed by atoms with E-state index in [1.165, 1.54) is 32.1 Å². The maximum Gasteiger partial charge on any atom is 0.308 e. The lowest BCUT2D eigenvalue weighted by molar-refractivity contribution is -0.152. The molecule has 2 rings (SSSR count). The highest BCUT2D eigenvalue weighted by atomic mass is 16.5. The van der Waals surface area contributed by atoms with Crippen LogP contribution in [0.4, 0.5) is 0 Å². The topological polar surface area (TPSA) is 78.3 Å². The SMILES string of the molecule is NCC1(CN)CCC(C(=O)OCC2CCCCC2)CC1. The van der Waals surface area contributed by atoms with Crippen LogP contribution < -0.4 is 11.5 Å². The van der Waals surface area contributed by atoms with E-state index < -0.39 is 0 Å². The van der Waals surface area contributed by atoms with Gasteiger partial charge in [-0.3, -0.25) is 4.79 Å². The van der Waals surface area contributed by atoms with Crippen LogP contribution in [-0.4, -0.2) is 25.7 Å². The number of esters is 1. The van der Waals surface area contributed by atoms with Gasteiger partial charge < -0.3 is 16.2 Å². The third-order valence-corrected chi connectivity index (χ3v) is 5.43. The van der Waals surface area contributed by atoms with Crippen molar-refractivity contribution < 1.29 is 9.53 Å². The van der Waals surface area contributed by atoms with Crippen molar-refractivity contribution in [2.45, 2.75) is 57.8 Å². The van der Waals surface area contributed by atoms with Gasteiger partial charge in [0.1, 0.15) is 0 Å². The number of nitrogens with two attached hydrogens (primary N) is 2. The van der Waals surface area contributed by atoms with Crippen LogP contribution in [0.15, 0.2) is 0 Å². The summed E-state index contributed by atoms with van der Waals surface area (Å²) in [6.07, 6.45) is 10.1. The fourth-order valence-electron chi connectivity index (χ4n) is 3.63. The molecule has 0 aromatic carbocycles. The van der Waals surface area contributed by atoms with Crippen molar-refractivity contribution >= 4 is 5.97 Å². The number of hydrogen-bond acceptors (Lipinski definition) is 4. The van der Waals surface area contributed by atoms with E-state index in [-0.39, 0.29) is 17.3 Å². The average molecular weight is 282 g/mol. The van der Waals surface area contributed by atoms with Gasteiger partial charge in [-0.2, -0.15) is 0 Å². The molecule has 2 fully saturated rings. The molecule has 2 aliphatic carbocycles. The summed E-state index contributed by atoms with van der Waals surface area (Å²) >= 11 is 0. The quantitative estimate of drug-likeness (QED) is 0.758. The minimum absolute atomic E-state index is 0.0122. The monoisotopic (exact) mass is 282 g/mol. The Morgan fingerprint density at radius 2 is 1.60 bits per heavy atom. The Morgan fingerprint density at radius 3 is 2.15 bits per heavy atom. The van der Waals surface area contributed by atoms with Crippen molar-refractivity contribution in [3.8, 4) is 0 Å². The minimum Gasteiger partial charge on any atom is -0.465 e. The van der Waals surface area contributed by atoms with E-state index in [0.29, 0.717) is 25.6 Å². The summed E-state index contributed by atoms with van der Waals surface area (Å²) in [6.45, 7) is 1.90. The van der Waals surface area contributed by atoms with Gasteiger partial charge in [0.25, 0.3) is 0 Å². The maximum absolute atomic E-state index is 12.1. The Morgan fingerprint density at radius 1 is 1.00 bits per heavy atom. The Balaban J connectivity index is 1.71. The summed E-state index contributed by atoms with van der Waals surface area (Å²) in [5, 5.41) is 0. The molecule has 0 amide bonds. The molecule has 0 atom stereocenters. The zero-order chi connectivity index (χ0) is 14.4. The molecule has 0 aromatic heterocycles. The molecule has 0 aliphatic heterocycles. The van der Waals surface area contributed by atoms with Gasteiger partial charge in [-0.05, 0) is 62.9 Å². The van der Waals surface area contributed by atoms with Gasteiger partial charge in [0.05, 0.1) is 12.5 Å². The molecular weight excluding hydrogens is 252 g/mol. The first-order chi connectivity index (χ1) is 9.69. The van der Waals surface area contributed by atoms with Gasteiger partial charge >= 0.3 is 5.97 Å². The first-order valence-electron chi connectivity index (χ1n) is 8.26. The molecule has 0 aromatic rings. The van der Waals surface area contributed by atoms with Crippen molar-refractivity contribution in [1.82, 2.24) is 0 Å². The molecule has 20 heavy (non-hydrogen) atoms. The number of carbonyl (C=O) groups excluding carboxylic acids is 1. The first-order valence-corrected chi connectivity index (χ1v) is 8.26. The minimum atomic E-state index is 0.0122. The van der Waals surface area contributed by atoms with Crippen LogP contribution >= 0.6 is 0 Å². The predicted octanol–water partition coefficient (Wildman–Crippen LogP) is 2.20. The predicted molar refractivity (Wildman–Crippen MR) is 80.0 cm³/mol. The van der Waals surface area contributed by atoms with Gasteiger partial charge in [0.15, 0.2) is 0 Å². The second-order valence-electron chi connectivity index (χ2n) is 6.82. The van der Waals surface area contributed by atoms with Crippen LogP contribution in [0.25, 0.3) is 0 Å². The lowest BCUT2D eigenvalue weighted by Gasteiger charge is -2.37. The molecule has 4 N–H and O–H groups in total. The van der Waals surface area contributed by atoms with Gasteiger partial charge in [0.2, 0.25) is 0 Å². The molecule has 2 aliphatic rings. The molecule has 0 saturated heterocycles. The highest BCUT2D eigenvalue weighted by molar-refractivity contribution is 5.72. The summed E-state index contributed by atoms with van der Waals surface area (Å²) in [5.74, 6) is 0.687. The smallest absolute Gasteiger partial charge is 0.308 e. The molecule has 0 unspecified atom stereocenters. The Kier molecular flexibility index (Phi) is 5.85. The first kappa shape index (κ1) is 15.8. The summed E-state index contributed by atoms with van der Waals surface area (Å²) in [5.41, 5.74) is 11.7. The van der Waals surface area contributed by atoms with E-state index in [9.17, 15) is 4.79 Å². The number of hydrogen-bond donors (Lipinski definition) is 2. The Hall–Kier alpha value is -0.610. The second-order valence-corrected chi connectivity index (χ2v) is 6.82. The molecule has 0 spiro atoms. The molecule has 0 bridgehead atoms. The number of carbonyl (C=O) groups is 1. The summed E-state index contributed by atoms with van der Waals surface area (Å²) in [6, 6.07) is 0. The van der Waals surface area contributed by atoms with Crippen molar-refractivity contribution in [1.29, 1.82) is 0 Å². The van der Waals surface area contributed by atoms with E-state index in [1.807, 2.05) is 0 Å². The fourth-order valence-corrected chi connectivity index (χ4v) is 3.63. The average Bonchev–Trinajstić information content (AvgIpc) is 2.53. The highest BCUT2D eigenvalue weighted by Gasteiger charge is 2.36. The molecular formula is C16H30N2O2. The van der Waals surface area contributed by atoms with Crippen LogP contribution in [-0.2, 0) is 9.53 Å². The largest absolute Gasteiger partial charge is 0.465 e. The molecule has 4 nitrogen and oxygen atoms in total. The number of rotatable bonds is 5. The third-order valence-electron chi connectivity index (χ3n) is 5.43. The van der Waals surface area contributed by atoms with Crippen LogP contribution in [0, 0.1) is 17.3 Å². The molecule has 0 radical (unpaired) electrons. The van der Waals surface area contributed by atoms with Crippen LogP contribution in [0.5, 0.6) is 0 Å². The van der Waals surface area contributed by atoms with Crippen molar-refractivity contribution in [2.75, 3.05) is 19.7 Å².